The quantitative estimate of drug-likeness (QED) is 0.625. The van der Waals surface area contributed by atoms with Crippen LogP contribution in [0.25, 0.3) is 10.8 Å². The lowest BCUT2D eigenvalue weighted by Gasteiger charge is -2.23. The van der Waals surface area contributed by atoms with Crippen molar-refractivity contribution in [2.24, 2.45) is 5.73 Å². The Bertz CT molecular complexity index is 1040. The van der Waals surface area contributed by atoms with Crippen molar-refractivity contribution in [3.8, 4) is 0 Å². The van der Waals surface area contributed by atoms with E-state index in [1.807, 2.05) is 20.8 Å². The first-order valence-corrected chi connectivity index (χ1v) is 8.37. The third-order valence-electron chi connectivity index (χ3n) is 3.60. The highest BCUT2D eigenvalue weighted by molar-refractivity contribution is 5.93. The van der Waals surface area contributed by atoms with Gasteiger partial charge in [0.25, 0.3) is 5.56 Å². The molecule has 3 aromatic heterocycles. The summed E-state index contributed by atoms with van der Waals surface area (Å²) in [5.74, 6) is 0.876. The lowest BCUT2D eigenvalue weighted by atomic mass is 10.1. The predicted octanol–water partition coefficient (Wildman–Crippen LogP) is 1.63. The van der Waals surface area contributed by atoms with Crippen molar-refractivity contribution in [3.63, 3.8) is 0 Å². The van der Waals surface area contributed by atoms with Gasteiger partial charge in [-0.25, -0.2) is 9.97 Å². The molecule has 0 bridgehead atoms. The van der Waals surface area contributed by atoms with Gasteiger partial charge in [-0.05, 0) is 38.3 Å². The Balaban J connectivity index is 2.16. The van der Waals surface area contributed by atoms with Crippen LogP contribution in [0.5, 0.6) is 0 Å². The number of aromatic nitrogens is 4. The number of primary amides is 1. The fraction of sp³-hybridized carbons (Fsp3) is 0.278. The number of nitrogens with one attached hydrogen (secondary N) is 2. The summed E-state index contributed by atoms with van der Waals surface area (Å²) in [5, 5.41) is 7.40. The highest BCUT2D eigenvalue weighted by atomic mass is 16.2. The minimum absolute atomic E-state index is 0.191. The zero-order chi connectivity index (χ0) is 19.6. The van der Waals surface area contributed by atoms with Gasteiger partial charge >= 0.3 is 0 Å². The molecule has 0 aliphatic carbocycles. The summed E-state index contributed by atoms with van der Waals surface area (Å²) < 4.78 is 1.27. The molecule has 3 aromatic rings. The number of anilines is 3. The van der Waals surface area contributed by atoms with E-state index in [1.54, 1.807) is 36.9 Å². The van der Waals surface area contributed by atoms with Gasteiger partial charge in [-0.3, -0.25) is 14.6 Å². The molecule has 0 fully saturated rings. The van der Waals surface area contributed by atoms with Crippen molar-refractivity contribution in [1.29, 1.82) is 0 Å². The summed E-state index contributed by atoms with van der Waals surface area (Å²) >= 11 is 0. The smallest absolute Gasteiger partial charge is 0.262 e. The summed E-state index contributed by atoms with van der Waals surface area (Å²) in [6, 6.07) is 3.49. The Hall–Kier alpha value is -3.49. The molecule has 27 heavy (non-hydrogen) atoms. The van der Waals surface area contributed by atoms with Crippen LogP contribution in [-0.2, 0) is 11.3 Å². The maximum atomic E-state index is 12.9. The highest BCUT2D eigenvalue weighted by Crippen LogP contribution is 2.25. The molecule has 3 heterocycles. The van der Waals surface area contributed by atoms with E-state index in [-0.39, 0.29) is 17.6 Å². The van der Waals surface area contributed by atoms with Crippen molar-refractivity contribution in [2.45, 2.75) is 32.9 Å². The first-order chi connectivity index (χ1) is 12.7. The third-order valence-corrected chi connectivity index (χ3v) is 3.60. The first-order valence-electron chi connectivity index (χ1n) is 8.37. The monoisotopic (exact) mass is 367 g/mol. The summed E-state index contributed by atoms with van der Waals surface area (Å²) in [6.45, 7) is 5.71. The van der Waals surface area contributed by atoms with E-state index in [0.29, 0.717) is 28.2 Å². The Kier molecular flexibility index (Phi) is 4.76. The summed E-state index contributed by atoms with van der Waals surface area (Å²) in [5.41, 5.74) is 4.57. The van der Waals surface area contributed by atoms with Crippen molar-refractivity contribution >= 4 is 34.1 Å². The van der Waals surface area contributed by atoms with Crippen LogP contribution >= 0.6 is 0 Å². The number of amides is 1. The molecule has 9 heteroatoms. The van der Waals surface area contributed by atoms with Crippen LogP contribution in [0.3, 0.4) is 0 Å². The second-order valence-electron chi connectivity index (χ2n) is 7.13. The average molecular weight is 367 g/mol. The number of nitrogens with two attached hydrogens (primary N) is 1. The largest absolute Gasteiger partial charge is 0.368 e. The number of pyridine rings is 2. The van der Waals surface area contributed by atoms with Gasteiger partial charge in [0.15, 0.2) is 0 Å². The van der Waals surface area contributed by atoms with Gasteiger partial charge in [-0.15, -0.1) is 0 Å². The third kappa shape index (κ3) is 4.38. The maximum Gasteiger partial charge on any atom is 0.262 e. The number of hydrogen-bond donors (Lipinski definition) is 3. The van der Waals surface area contributed by atoms with Crippen LogP contribution in [0.2, 0.25) is 0 Å². The van der Waals surface area contributed by atoms with Crippen molar-refractivity contribution in [2.75, 3.05) is 10.6 Å². The Labute approximate surface area is 155 Å². The van der Waals surface area contributed by atoms with Crippen LogP contribution in [0.1, 0.15) is 20.8 Å². The molecule has 0 aliphatic heterocycles. The number of carbonyl (C=O) groups is 1. The summed E-state index contributed by atoms with van der Waals surface area (Å²) in [7, 11) is 0. The number of fused-ring (bicyclic) bond motifs is 1. The normalized spacial score (nSPS) is 11.4. The van der Waals surface area contributed by atoms with E-state index in [4.69, 9.17) is 5.73 Å². The average Bonchev–Trinajstić information content (AvgIpc) is 2.56. The molecule has 0 atom stereocenters. The Morgan fingerprint density at radius 3 is 2.67 bits per heavy atom. The van der Waals surface area contributed by atoms with Gasteiger partial charge in [0.05, 0.1) is 11.6 Å². The maximum absolute atomic E-state index is 12.9. The number of hydrogen-bond acceptors (Lipinski definition) is 7. The number of carbonyl (C=O) groups excluding carboxylic acids is 1. The van der Waals surface area contributed by atoms with Gasteiger partial charge in [0.2, 0.25) is 5.91 Å². The van der Waals surface area contributed by atoms with Gasteiger partial charge in [0.1, 0.15) is 24.0 Å². The topological polar surface area (TPSA) is 128 Å². The van der Waals surface area contributed by atoms with Gasteiger partial charge in [0, 0.05) is 24.1 Å². The molecule has 0 radical (unpaired) electrons. The second kappa shape index (κ2) is 7.02. The van der Waals surface area contributed by atoms with Crippen molar-refractivity contribution in [1.82, 2.24) is 19.5 Å². The molecule has 0 aliphatic rings. The fourth-order valence-corrected chi connectivity index (χ4v) is 2.60. The van der Waals surface area contributed by atoms with Crippen molar-refractivity contribution in [3.05, 3.63) is 47.3 Å². The van der Waals surface area contributed by atoms with E-state index in [9.17, 15) is 9.59 Å². The molecule has 4 N–H and O–H groups in total. The molecular weight excluding hydrogens is 346 g/mol. The molecule has 3 rings (SSSR count). The van der Waals surface area contributed by atoms with Gasteiger partial charge in [-0.2, -0.15) is 0 Å². The molecule has 0 saturated carbocycles. The fourth-order valence-electron chi connectivity index (χ4n) is 2.60. The van der Waals surface area contributed by atoms with E-state index < -0.39 is 5.91 Å². The minimum atomic E-state index is -0.587. The summed E-state index contributed by atoms with van der Waals surface area (Å²) in [6.07, 6.45) is 6.27. The van der Waals surface area contributed by atoms with E-state index in [2.05, 4.69) is 25.6 Å². The van der Waals surface area contributed by atoms with Crippen LogP contribution < -0.4 is 21.9 Å². The van der Waals surface area contributed by atoms with Gasteiger partial charge < -0.3 is 20.9 Å². The summed E-state index contributed by atoms with van der Waals surface area (Å²) in [4.78, 5) is 36.8. The van der Waals surface area contributed by atoms with E-state index in [1.165, 1.54) is 4.57 Å². The number of nitrogens with zero attached hydrogens (tertiary/aromatic N) is 4. The SMILES string of the molecule is CC(C)(C)Nc1nc(Nc2cnccn2)cc2ccn(CC(N)=O)c(=O)c12. The van der Waals surface area contributed by atoms with Crippen LogP contribution in [0.15, 0.2) is 41.7 Å². The molecule has 9 nitrogen and oxygen atoms in total. The molecule has 1 amide bonds. The second-order valence-corrected chi connectivity index (χ2v) is 7.13. The Morgan fingerprint density at radius 2 is 2.04 bits per heavy atom. The molecular formula is C18H21N7O2. The van der Waals surface area contributed by atoms with E-state index in [0.717, 1.165) is 0 Å². The van der Waals surface area contributed by atoms with Crippen LogP contribution in [0, 0.1) is 0 Å². The van der Waals surface area contributed by atoms with Crippen molar-refractivity contribution < 1.29 is 4.79 Å². The molecule has 0 aromatic carbocycles. The zero-order valence-corrected chi connectivity index (χ0v) is 15.4. The Morgan fingerprint density at radius 1 is 1.26 bits per heavy atom. The lowest BCUT2D eigenvalue weighted by Crippen LogP contribution is -2.30. The predicted molar refractivity (Wildman–Crippen MR) is 104 cm³/mol. The zero-order valence-electron chi connectivity index (χ0n) is 15.4. The highest BCUT2D eigenvalue weighted by Gasteiger charge is 2.17. The van der Waals surface area contributed by atoms with Crippen LogP contribution in [0.4, 0.5) is 17.5 Å². The first kappa shape index (κ1) is 18.3. The molecule has 0 saturated heterocycles. The molecule has 0 spiro atoms. The lowest BCUT2D eigenvalue weighted by molar-refractivity contribution is -0.118. The van der Waals surface area contributed by atoms with E-state index >= 15 is 0 Å². The van der Waals surface area contributed by atoms with Gasteiger partial charge in [-0.1, -0.05) is 0 Å². The van der Waals surface area contributed by atoms with Crippen LogP contribution in [-0.4, -0.2) is 31.0 Å². The number of rotatable bonds is 5. The molecule has 0 unspecified atom stereocenters. The minimum Gasteiger partial charge on any atom is -0.368 e. The standard InChI is InChI=1S/C18H21N7O2/c1-18(2,3)24-16-15-11(4-7-25(17(15)27)10-12(19)26)8-13(23-16)22-14-9-20-5-6-21-14/h4-9H,10H2,1-3H3,(H2,19,26)(H2,21,22,23,24). The molecule has 140 valence electrons.